The van der Waals surface area contributed by atoms with Crippen LogP contribution in [0.4, 0.5) is 5.13 Å². The van der Waals surface area contributed by atoms with Crippen LogP contribution in [0.1, 0.15) is 35.0 Å². The van der Waals surface area contributed by atoms with E-state index in [1.165, 1.54) is 5.56 Å². The Bertz CT molecular complexity index is 910. The van der Waals surface area contributed by atoms with Gasteiger partial charge in [-0.25, -0.2) is 4.98 Å². The maximum atomic E-state index is 13.2. The molecule has 3 aromatic rings. The first-order valence-electron chi connectivity index (χ1n) is 9.27. The van der Waals surface area contributed by atoms with Crippen LogP contribution in [-0.2, 0) is 6.54 Å². The molecule has 0 radical (unpaired) electrons. The van der Waals surface area contributed by atoms with Gasteiger partial charge in [-0.15, -0.1) is 12.4 Å². The molecule has 2 heterocycles. The number of aryl methyl sites for hydroxylation is 3. The maximum absolute atomic E-state index is 13.2. The lowest BCUT2D eigenvalue weighted by Crippen LogP contribution is -2.33. The van der Waals surface area contributed by atoms with Gasteiger partial charge in [-0.2, -0.15) is 5.10 Å². The molecule has 0 fully saturated rings. The van der Waals surface area contributed by atoms with E-state index in [1.54, 1.807) is 27.0 Å². The van der Waals surface area contributed by atoms with Crippen LogP contribution < -0.4 is 4.90 Å². The van der Waals surface area contributed by atoms with Crippen molar-refractivity contribution in [2.24, 2.45) is 0 Å². The van der Waals surface area contributed by atoms with Crippen LogP contribution in [0.25, 0.3) is 10.2 Å². The van der Waals surface area contributed by atoms with Crippen molar-refractivity contribution >= 4 is 45.0 Å². The van der Waals surface area contributed by atoms with Gasteiger partial charge in [-0.3, -0.25) is 14.4 Å². The molecule has 3 rings (SSSR count). The summed E-state index contributed by atoms with van der Waals surface area (Å²) in [6, 6.07) is 5.98. The van der Waals surface area contributed by atoms with Gasteiger partial charge >= 0.3 is 0 Å². The molecule has 0 N–H and O–H groups in total. The largest absolute Gasteiger partial charge is 0.309 e. The van der Waals surface area contributed by atoms with Crippen LogP contribution in [0, 0.1) is 13.8 Å². The molecule has 0 saturated carbocycles. The SMILES string of the molecule is CCn1ccc(C(=O)N(CCCN(C)C)c2nc3c(C)ccc(C)c3s2)n1.Cl. The van der Waals surface area contributed by atoms with Gasteiger partial charge in [0.25, 0.3) is 5.91 Å². The summed E-state index contributed by atoms with van der Waals surface area (Å²) in [6.45, 7) is 8.43. The minimum Gasteiger partial charge on any atom is -0.309 e. The summed E-state index contributed by atoms with van der Waals surface area (Å²) in [7, 11) is 4.08. The number of amides is 1. The number of hydrogen-bond donors (Lipinski definition) is 0. The average molecular weight is 422 g/mol. The van der Waals surface area contributed by atoms with Gasteiger partial charge in [-0.1, -0.05) is 23.5 Å². The Labute approximate surface area is 176 Å². The van der Waals surface area contributed by atoms with E-state index in [2.05, 4.69) is 36.0 Å². The van der Waals surface area contributed by atoms with Crippen molar-refractivity contribution in [2.45, 2.75) is 33.7 Å². The topological polar surface area (TPSA) is 54.3 Å². The van der Waals surface area contributed by atoms with Crippen molar-refractivity contribution in [3.05, 3.63) is 41.2 Å². The van der Waals surface area contributed by atoms with Crippen LogP contribution in [0.3, 0.4) is 0 Å². The van der Waals surface area contributed by atoms with Crippen molar-refractivity contribution in [3.8, 4) is 0 Å². The fourth-order valence-corrected chi connectivity index (χ4v) is 4.12. The van der Waals surface area contributed by atoms with Gasteiger partial charge in [-0.05, 0) is 65.0 Å². The summed E-state index contributed by atoms with van der Waals surface area (Å²) in [4.78, 5) is 21.9. The first-order valence-corrected chi connectivity index (χ1v) is 10.1. The number of rotatable bonds is 7. The quantitative estimate of drug-likeness (QED) is 0.575. The van der Waals surface area contributed by atoms with Crippen LogP contribution >= 0.6 is 23.7 Å². The molecular formula is C20H28ClN5OS. The van der Waals surface area contributed by atoms with E-state index < -0.39 is 0 Å². The Morgan fingerprint density at radius 3 is 2.46 bits per heavy atom. The highest BCUT2D eigenvalue weighted by Gasteiger charge is 2.23. The fourth-order valence-electron chi connectivity index (χ4n) is 2.98. The third kappa shape index (κ3) is 4.71. The molecule has 0 aliphatic carbocycles. The molecule has 0 aliphatic heterocycles. The first kappa shape index (κ1) is 22.3. The number of aromatic nitrogens is 3. The van der Waals surface area contributed by atoms with Gasteiger partial charge in [0.15, 0.2) is 10.8 Å². The summed E-state index contributed by atoms with van der Waals surface area (Å²) in [5.74, 6) is -0.0877. The number of carbonyl (C=O) groups excluding carboxylic acids is 1. The molecule has 0 bridgehead atoms. The van der Waals surface area contributed by atoms with Crippen molar-refractivity contribution < 1.29 is 4.79 Å². The lowest BCUT2D eigenvalue weighted by Gasteiger charge is -2.20. The predicted octanol–water partition coefficient (Wildman–Crippen LogP) is 4.15. The molecule has 28 heavy (non-hydrogen) atoms. The molecule has 0 aliphatic rings. The summed E-state index contributed by atoms with van der Waals surface area (Å²) >= 11 is 1.59. The van der Waals surface area contributed by atoms with Gasteiger partial charge < -0.3 is 4.90 Å². The van der Waals surface area contributed by atoms with Crippen molar-refractivity contribution in [2.75, 3.05) is 32.1 Å². The second-order valence-electron chi connectivity index (χ2n) is 7.04. The molecule has 0 spiro atoms. The van der Waals surface area contributed by atoms with Crippen LogP contribution in [-0.4, -0.2) is 52.8 Å². The fraction of sp³-hybridized carbons (Fsp3) is 0.450. The number of benzene rings is 1. The summed E-state index contributed by atoms with van der Waals surface area (Å²) < 4.78 is 2.92. The third-order valence-electron chi connectivity index (χ3n) is 4.58. The number of anilines is 1. The van der Waals surface area contributed by atoms with Crippen LogP contribution in [0.2, 0.25) is 0 Å². The van der Waals surface area contributed by atoms with Crippen LogP contribution in [0.15, 0.2) is 24.4 Å². The smallest absolute Gasteiger partial charge is 0.280 e. The van der Waals surface area contributed by atoms with Crippen molar-refractivity contribution in [1.82, 2.24) is 19.7 Å². The molecule has 1 amide bonds. The standard InChI is InChI=1S/C20H27N5OS.ClH/c1-6-24-13-10-16(22-24)19(26)25(12-7-11-23(4)5)20-21-17-14(2)8-9-15(3)18(17)27-20;/h8-10,13H,6-7,11-12H2,1-5H3;1H. The monoisotopic (exact) mass is 421 g/mol. The van der Waals surface area contributed by atoms with Gasteiger partial charge in [0.05, 0.1) is 10.2 Å². The molecule has 152 valence electrons. The minimum atomic E-state index is -0.0877. The number of nitrogens with zero attached hydrogens (tertiary/aromatic N) is 5. The van der Waals surface area contributed by atoms with Crippen LogP contribution in [0.5, 0.6) is 0 Å². The average Bonchev–Trinajstić information content (AvgIpc) is 3.29. The highest BCUT2D eigenvalue weighted by molar-refractivity contribution is 7.22. The van der Waals surface area contributed by atoms with E-state index in [9.17, 15) is 4.79 Å². The minimum absolute atomic E-state index is 0. The van der Waals surface area contributed by atoms with E-state index in [0.29, 0.717) is 12.2 Å². The number of carbonyl (C=O) groups is 1. The Hall–Kier alpha value is -1.96. The summed E-state index contributed by atoms with van der Waals surface area (Å²) in [6.07, 6.45) is 2.72. The Morgan fingerprint density at radius 1 is 1.14 bits per heavy atom. The van der Waals surface area contributed by atoms with E-state index in [1.807, 2.05) is 27.2 Å². The zero-order chi connectivity index (χ0) is 19.6. The highest BCUT2D eigenvalue weighted by Crippen LogP contribution is 2.33. The molecule has 0 saturated heterocycles. The summed E-state index contributed by atoms with van der Waals surface area (Å²) in [5.41, 5.74) is 3.78. The maximum Gasteiger partial charge on any atom is 0.280 e. The van der Waals surface area contributed by atoms with Gasteiger partial charge in [0, 0.05) is 19.3 Å². The molecule has 0 atom stereocenters. The van der Waals surface area contributed by atoms with E-state index in [4.69, 9.17) is 4.98 Å². The predicted molar refractivity (Wildman–Crippen MR) is 119 cm³/mol. The molecule has 8 heteroatoms. The molecule has 0 unspecified atom stereocenters. The second kappa shape index (κ2) is 9.49. The third-order valence-corrected chi connectivity index (χ3v) is 5.79. The number of thiazole rings is 1. The molecule has 6 nitrogen and oxygen atoms in total. The number of fused-ring (bicyclic) bond motifs is 1. The number of halogens is 1. The van der Waals surface area contributed by atoms with E-state index in [0.717, 1.165) is 40.4 Å². The number of hydrogen-bond acceptors (Lipinski definition) is 5. The Balaban J connectivity index is 0.00000280. The molecular weight excluding hydrogens is 394 g/mol. The Kier molecular flexibility index (Phi) is 7.57. The van der Waals surface area contributed by atoms with Gasteiger partial charge in [0.2, 0.25) is 0 Å². The zero-order valence-electron chi connectivity index (χ0n) is 17.1. The van der Waals surface area contributed by atoms with Crippen molar-refractivity contribution in [3.63, 3.8) is 0 Å². The lowest BCUT2D eigenvalue weighted by molar-refractivity contribution is 0.0980. The highest BCUT2D eigenvalue weighted by atomic mass is 35.5. The van der Waals surface area contributed by atoms with Crippen molar-refractivity contribution in [1.29, 1.82) is 0 Å². The molecule has 1 aromatic carbocycles. The van der Waals surface area contributed by atoms with E-state index in [-0.39, 0.29) is 18.3 Å². The normalized spacial score (nSPS) is 11.1. The lowest BCUT2D eigenvalue weighted by atomic mass is 10.1. The zero-order valence-corrected chi connectivity index (χ0v) is 18.7. The Morgan fingerprint density at radius 2 is 1.86 bits per heavy atom. The van der Waals surface area contributed by atoms with E-state index >= 15 is 0 Å². The molecule has 2 aromatic heterocycles. The van der Waals surface area contributed by atoms with Gasteiger partial charge in [0.1, 0.15) is 0 Å². The summed E-state index contributed by atoms with van der Waals surface area (Å²) in [5, 5.41) is 5.15. The first-order chi connectivity index (χ1) is 12.9. The second-order valence-corrected chi connectivity index (χ2v) is 8.02.